The van der Waals surface area contributed by atoms with Crippen LogP contribution in [0.3, 0.4) is 0 Å². The van der Waals surface area contributed by atoms with Crippen molar-refractivity contribution in [1.82, 2.24) is 4.98 Å². The summed E-state index contributed by atoms with van der Waals surface area (Å²) in [7, 11) is 0. The van der Waals surface area contributed by atoms with Gasteiger partial charge in [-0.05, 0) is 12.1 Å². The van der Waals surface area contributed by atoms with E-state index in [-0.39, 0.29) is 12.7 Å². The maximum absolute atomic E-state index is 12.3. The molecule has 2 aromatic carbocycles. The molecule has 0 unspecified atom stereocenters. The van der Waals surface area contributed by atoms with Gasteiger partial charge in [-0.3, -0.25) is 4.79 Å². The lowest BCUT2D eigenvalue weighted by atomic mass is 10.2. The first-order chi connectivity index (χ1) is 11.3. The van der Waals surface area contributed by atoms with Gasteiger partial charge < -0.3 is 14.8 Å². The molecule has 6 heteroatoms. The average molecular weight is 324 g/mol. The van der Waals surface area contributed by atoms with Gasteiger partial charge in [0.1, 0.15) is 10.7 Å². The van der Waals surface area contributed by atoms with Gasteiger partial charge in [0.25, 0.3) is 5.91 Å². The minimum absolute atomic E-state index is 0.208. The molecule has 1 N–H and O–H groups in total. The van der Waals surface area contributed by atoms with E-state index >= 15 is 0 Å². The maximum Gasteiger partial charge on any atom is 0.275 e. The number of nitrogens with zero attached hydrogens (tertiary/aromatic N) is 1. The summed E-state index contributed by atoms with van der Waals surface area (Å²) < 4.78 is 10.6. The number of hydrogen-bond donors (Lipinski definition) is 1. The lowest BCUT2D eigenvalue weighted by molar-refractivity contribution is 0.102. The highest BCUT2D eigenvalue weighted by Crippen LogP contribution is 2.34. The first-order valence-corrected chi connectivity index (χ1v) is 7.89. The van der Waals surface area contributed by atoms with Crippen LogP contribution in [0.15, 0.2) is 53.9 Å². The third kappa shape index (κ3) is 2.76. The topological polar surface area (TPSA) is 60.5 Å². The fourth-order valence-electron chi connectivity index (χ4n) is 2.26. The molecule has 4 rings (SSSR count). The van der Waals surface area contributed by atoms with Crippen LogP contribution in [-0.2, 0) is 0 Å². The third-order valence-electron chi connectivity index (χ3n) is 3.39. The lowest BCUT2D eigenvalue weighted by Gasteiger charge is -2.04. The average Bonchev–Trinajstić information content (AvgIpc) is 3.24. The van der Waals surface area contributed by atoms with Crippen molar-refractivity contribution in [3.63, 3.8) is 0 Å². The van der Waals surface area contributed by atoms with E-state index in [1.54, 1.807) is 23.6 Å². The molecule has 0 aliphatic carbocycles. The minimum Gasteiger partial charge on any atom is -0.454 e. The van der Waals surface area contributed by atoms with E-state index < -0.39 is 0 Å². The largest absolute Gasteiger partial charge is 0.454 e. The Morgan fingerprint density at radius 2 is 1.91 bits per heavy atom. The molecule has 1 aliphatic rings. The van der Waals surface area contributed by atoms with Crippen LogP contribution < -0.4 is 14.8 Å². The number of aromatic nitrogens is 1. The van der Waals surface area contributed by atoms with Crippen LogP contribution in [0.4, 0.5) is 5.69 Å². The third-order valence-corrected chi connectivity index (χ3v) is 4.28. The minimum atomic E-state index is -0.248. The van der Waals surface area contributed by atoms with Crippen molar-refractivity contribution < 1.29 is 14.3 Å². The number of amides is 1. The summed E-state index contributed by atoms with van der Waals surface area (Å²) in [5.74, 6) is 1.07. The molecular formula is C17H12N2O3S. The summed E-state index contributed by atoms with van der Waals surface area (Å²) in [5, 5.41) is 5.40. The van der Waals surface area contributed by atoms with Crippen molar-refractivity contribution >= 4 is 22.9 Å². The molecule has 114 valence electrons. The highest BCUT2D eigenvalue weighted by atomic mass is 32.1. The molecule has 0 spiro atoms. The molecule has 1 aliphatic heterocycles. The number of anilines is 1. The second kappa shape index (κ2) is 5.73. The number of thiazole rings is 1. The van der Waals surface area contributed by atoms with E-state index in [2.05, 4.69) is 10.3 Å². The predicted octanol–water partition coefficient (Wildman–Crippen LogP) is 3.79. The van der Waals surface area contributed by atoms with Gasteiger partial charge >= 0.3 is 0 Å². The molecule has 23 heavy (non-hydrogen) atoms. The number of carbonyl (C=O) groups excluding carboxylic acids is 1. The number of hydrogen-bond acceptors (Lipinski definition) is 5. The van der Waals surface area contributed by atoms with Gasteiger partial charge in [0.2, 0.25) is 6.79 Å². The lowest BCUT2D eigenvalue weighted by Crippen LogP contribution is -2.12. The number of ether oxygens (including phenoxy) is 2. The molecule has 0 saturated heterocycles. The molecule has 0 radical (unpaired) electrons. The molecule has 2 heterocycles. The Balaban J connectivity index is 1.52. The van der Waals surface area contributed by atoms with Crippen LogP contribution >= 0.6 is 11.3 Å². The van der Waals surface area contributed by atoms with Crippen LogP contribution in [-0.4, -0.2) is 17.7 Å². The fourth-order valence-corrected chi connectivity index (χ4v) is 3.07. The molecule has 3 aromatic rings. The molecule has 1 aromatic heterocycles. The van der Waals surface area contributed by atoms with E-state index in [0.717, 1.165) is 10.6 Å². The zero-order valence-electron chi connectivity index (χ0n) is 12.0. The smallest absolute Gasteiger partial charge is 0.275 e. The molecule has 0 fully saturated rings. The number of nitrogens with one attached hydrogen (secondary N) is 1. The fraction of sp³-hybridized carbons (Fsp3) is 0.0588. The standard InChI is InChI=1S/C17H12N2O3S/c20-16(18-12-6-7-14-15(8-12)22-10-21-14)13-9-23-17(19-13)11-4-2-1-3-5-11/h1-9H,10H2,(H,18,20). The van der Waals surface area contributed by atoms with E-state index in [4.69, 9.17) is 9.47 Å². The monoisotopic (exact) mass is 324 g/mol. The van der Waals surface area contributed by atoms with E-state index in [1.807, 2.05) is 30.3 Å². The molecule has 5 nitrogen and oxygen atoms in total. The van der Waals surface area contributed by atoms with Crippen molar-refractivity contribution in [1.29, 1.82) is 0 Å². The Labute approximate surface area is 136 Å². The SMILES string of the molecule is O=C(Nc1ccc2c(c1)OCO2)c1csc(-c2ccccc2)n1. The Hall–Kier alpha value is -2.86. The van der Waals surface area contributed by atoms with Gasteiger partial charge in [0.05, 0.1) is 0 Å². The van der Waals surface area contributed by atoms with Crippen LogP contribution in [0.5, 0.6) is 11.5 Å². The number of rotatable bonds is 3. The van der Waals surface area contributed by atoms with Gasteiger partial charge in [-0.25, -0.2) is 4.98 Å². The zero-order chi connectivity index (χ0) is 15.6. The normalized spacial score (nSPS) is 12.2. The van der Waals surface area contributed by atoms with Crippen LogP contribution in [0.2, 0.25) is 0 Å². The second-order valence-corrected chi connectivity index (χ2v) is 5.78. The number of fused-ring (bicyclic) bond motifs is 1. The summed E-state index contributed by atoms with van der Waals surface area (Å²) in [6, 6.07) is 15.1. The Morgan fingerprint density at radius 1 is 1.09 bits per heavy atom. The van der Waals surface area contributed by atoms with Crippen molar-refractivity contribution in [3.05, 3.63) is 59.6 Å². The Kier molecular flexibility index (Phi) is 3.44. The molecular weight excluding hydrogens is 312 g/mol. The number of carbonyl (C=O) groups is 1. The summed E-state index contributed by atoms with van der Waals surface area (Å²) >= 11 is 1.45. The first-order valence-electron chi connectivity index (χ1n) is 7.01. The van der Waals surface area contributed by atoms with E-state index in [9.17, 15) is 4.79 Å². The molecule has 1 amide bonds. The highest BCUT2D eigenvalue weighted by Gasteiger charge is 2.16. The predicted molar refractivity (Wildman–Crippen MR) is 88.1 cm³/mol. The molecule has 0 bridgehead atoms. The first kappa shape index (κ1) is 13.8. The van der Waals surface area contributed by atoms with Gasteiger partial charge in [0, 0.05) is 22.7 Å². The van der Waals surface area contributed by atoms with Crippen molar-refractivity contribution in [2.75, 3.05) is 12.1 Å². The Morgan fingerprint density at radius 3 is 2.78 bits per heavy atom. The number of benzene rings is 2. The molecule has 0 saturated carbocycles. The van der Waals surface area contributed by atoms with Gasteiger partial charge in [-0.15, -0.1) is 11.3 Å². The van der Waals surface area contributed by atoms with Crippen LogP contribution in [0.1, 0.15) is 10.5 Å². The second-order valence-electron chi connectivity index (χ2n) is 4.93. The van der Waals surface area contributed by atoms with Crippen molar-refractivity contribution in [3.8, 4) is 22.1 Å². The van der Waals surface area contributed by atoms with Crippen LogP contribution in [0, 0.1) is 0 Å². The zero-order valence-corrected chi connectivity index (χ0v) is 12.8. The summed E-state index contributed by atoms with van der Waals surface area (Å²) in [4.78, 5) is 16.7. The van der Waals surface area contributed by atoms with E-state index in [0.29, 0.717) is 22.9 Å². The summed E-state index contributed by atoms with van der Waals surface area (Å²) in [6.07, 6.45) is 0. The Bertz CT molecular complexity index is 861. The van der Waals surface area contributed by atoms with Crippen LogP contribution in [0.25, 0.3) is 10.6 Å². The quantitative estimate of drug-likeness (QED) is 0.796. The van der Waals surface area contributed by atoms with Crippen molar-refractivity contribution in [2.24, 2.45) is 0 Å². The molecule has 0 atom stereocenters. The maximum atomic E-state index is 12.3. The van der Waals surface area contributed by atoms with Gasteiger partial charge in [-0.2, -0.15) is 0 Å². The summed E-state index contributed by atoms with van der Waals surface area (Å²) in [6.45, 7) is 0.208. The van der Waals surface area contributed by atoms with E-state index in [1.165, 1.54) is 11.3 Å². The van der Waals surface area contributed by atoms with Gasteiger partial charge in [-0.1, -0.05) is 30.3 Å². The van der Waals surface area contributed by atoms with Crippen molar-refractivity contribution in [2.45, 2.75) is 0 Å². The summed E-state index contributed by atoms with van der Waals surface area (Å²) in [5.41, 5.74) is 2.04. The van der Waals surface area contributed by atoms with Gasteiger partial charge in [0.15, 0.2) is 11.5 Å². The highest BCUT2D eigenvalue weighted by molar-refractivity contribution is 7.13.